The predicted octanol–water partition coefficient (Wildman–Crippen LogP) is 2.39. The molecule has 0 unspecified atom stereocenters. The molecule has 27 heavy (non-hydrogen) atoms. The van der Waals surface area contributed by atoms with E-state index < -0.39 is 22.6 Å². The summed E-state index contributed by atoms with van der Waals surface area (Å²) in [6.07, 6.45) is 6.80. The second kappa shape index (κ2) is 8.58. The molecule has 2 fully saturated rings. The third-order valence-corrected chi connectivity index (χ3v) is 6.66. The van der Waals surface area contributed by atoms with Crippen LogP contribution in [0.4, 0.5) is 0 Å². The van der Waals surface area contributed by atoms with E-state index in [-0.39, 0.29) is 33.5 Å². The maximum absolute atomic E-state index is 12.4. The van der Waals surface area contributed by atoms with Crippen LogP contribution in [0.25, 0.3) is 0 Å². The zero-order chi connectivity index (χ0) is 19.4. The minimum Gasteiger partial charge on any atom is -0.452 e. The van der Waals surface area contributed by atoms with E-state index in [0.717, 1.165) is 38.5 Å². The highest BCUT2D eigenvalue weighted by Gasteiger charge is 2.30. The van der Waals surface area contributed by atoms with Crippen molar-refractivity contribution in [3.8, 4) is 0 Å². The Labute approximate surface area is 163 Å². The van der Waals surface area contributed by atoms with Crippen molar-refractivity contribution >= 4 is 33.5 Å². The van der Waals surface area contributed by atoms with Crippen molar-refractivity contribution < 1.29 is 22.7 Å². The molecule has 7 nitrogen and oxygen atoms in total. The van der Waals surface area contributed by atoms with Gasteiger partial charge < -0.3 is 10.1 Å². The molecule has 0 atom stereocenters. The Morgan fingerprint density at radius 2 is 1.78 bits per heavy atom. The Balaban J connectivity index is 1.59. The molecule has 0 aromatic heterocycles. The van der Waals surface area contributed by atoms with Crippen LogP contribution in [0, 0.1) is 0 Å². The van der Waals surface area contributed by atoms with Crippen LogP contribution in [0.15, 0.2) is 23.1 Å². The summed E-state index contributed by atoms with van der Waals surface area (Å²) in [4.78, 5) is 24.0. The fourth-order valence-corrected chi connectivity index (χ4v) is 4.88. The van der Waals surface area contributed by atoms with Crippen LogP contribution in [-0.2, 0) is 19.6 Å². The highest BCUT2D eigenvalue weighted by Crippen LogP contribution is 2.27. The molecule has 1 amide bonds. The Kier molecular flexibility index (Phi) is 6.39. The molecule has 0 heterocycles. The second-order valence-electron chi connectivity index (χ2n) is 7.02. The van der Waals surface area contributed by atoms with Gasteiger partial charge in [-0.3, -0.25) is 4.79 Å². The quantitative estimate of drug-likeness (QED) is 0.667. The van der Waals surface area contributed by atoms with Gasteiger partial charge in [0, 0.05) is 12.1 Å². The van der Waals surface area contributed by atoms with E-state index in [4.69, 9.17) is 16.3 Å². The largest absolute Gasteiger partial charge is 0.452 e. The molecule has 0 radical (unpaired) electrons. The van der Waals surface area contributed by atoms with E-state index in [0.29, 0.717) is 0 Å². The van der Waals surface area contributed by atoms with Crippen LogP contribution in [0.5, 0.6) is 0 Å². The molecule has 0 spiro atoms. The fourth-order valence-electron chi connectivity index (χ4n) is 3.05. The Hall–Kier alpha value is -1.64. The first kappa shape index (κ1) is 20.1. The molecule has 148 valence electrons. The Morgan fingerprint density at radius 3 is 2.44 bits per heavy atom. The normalized spacial score (nSPS) is 18.1. The zero-order valence-corrected chi connectivity index (χ0v) is 16.4. The third kappa shape index (κ3) is 5.67. The van der Waals surface area contributed by atoms with Crippen molar-refractivity contribution in [1.82, 2.24) is 10.0 Å². The van der Waals surface area contributed by atoms with Crippen LogP contribution in [0.3, 0.4) is 0 Å². The molecule has 1 aromatic carbocycles. The van der Waals surface area contributed by atoms with E-state index in [9.17, 15) is 18.0 Å². The summed E-state index contributed by atoms with van der Waals surface area (Å²) >= 11 is 5.99. The molecule has 0 aliphatic heterocycles. The number of carbonyl (C=O) groups excluding carboxylic acids is 2. The van der Waals surface area contributed by atoms with E-state index >= 15 is 0 Å². The summed E-state index contributed by atoms with van der Waals surface area (Å²) in [5.41, 5.74) is 0.0287. The van der Waals surface area contributed by atoms with Crippen LogP contribution >= 0.6 is 11.6 Å². The summed E-state index contributed by atoms with van der Waals surface area (Å²) in [5, 5.41) is 2.88. The smallest absolute Gasteiger partial charge is 0.338 e. The molecule has 2 aliphatic carbocycles. The van der Waals surface area contributed by atoms with Crippen LogP contribution < -0.4 is 10.0 Å². The second-order valence-corrected chi connectivity index (χ2v) is 9.11. The SMILES string of the molecule is O=C(COC(=O)c1ccc(Cl)c(S(=O)(=O)NC2CC2)c1)NC1CCCCC1. The summed E-state index contributed by atoms with van der Waals surface area (Å²) < 4.78 is 32.3. The highest BCUT2D eigenvalue weighted by atomic mass is 35.5. The van der Waals surface area contributed by atoms with E-state index in [1.165, 1.54) is 24.6 Å². The molecule has 0 saturated heterocycles. The van der Waals surface area contributed by atoms with Gasteiger partial charge in [0.25, 0.3) is 5.91 Å². The molecule has 0 bridgehead atoms. The monoisotopic (exact) mass is 414 g/mol. The number of rotatable bonds is 7. The minimum absolute atomic E-state index is 0.0229. The minimum atomic E-state index is -3.80. The van der Waals surface area contributed by atoms with Gasteiger partial charge in [-0.05, 0) is 43.9 Å². The number of hydrogen-bond donors (Lipinski definition) is 2. The van der Waals surface area contributed by atoms with Crippen molar-refractivity contribution in [2.45, 2.75) is 61.9 Å². The van der Waals surface area contributed by atoms with Gasteiger partial charge in [-0.1, -0.05) is 30.9 Å². The number of sulfonamides is 1. The molecule has 3 rings (SSSR count). The van der Waals surface area contributed by atoms with Crippen molar-refractivity contribution in [2.24, 2.45) is 0 Å². The maximum Gasteiger partial charge on any atom is 0.338 e. The number of amides is 1. The average Bonchev–Trinajstić information content (AvgIpc) is 3.44. The molecule has 9 heteroatoms. The number of hydrogen-bond acceptors (Lipinski definition) is 5. The summed E-state index contributed by atoms with van der Waals surface area (Å²) in [6, 6.07) is 3.94. The summed E-state index contributed by atoms with van der Waals surface area (Å²) in [6.45, 7) is -0.402. The van der Waals surface area contributed by atoms with Crippen LogP contribution in [-0.4, -0.2) is 39.0 Å². The van der Waals surface area contributed by atoms with Gasteiger partial charge in [-0.15, -0.1) is 0 Å². The lowest BCUT2D eigenvalue weighted by Gasteiger charge is -2.22. The number of benzene rings is 1. The lowest BCUT2D eigenvalue weighted by Crippen LogP contribution is -2.38. The first-order valence-electron chi connectivity index (χ1n) is 9.13. The number of nitrogens with one attached hydrogen (secondary N) is 2. The lowest BCUT2D eigenvalue weighted by molar-refractivity contribution is -0.125. The topological polar surface area (TPSA) is 102 Å². The molecule has 1 aromatic rings. The molecular weight excluding hydrogens is 392 g/mol. The average molecular weight is 415 g/mol. The van der Waals surface area contributed by atoms with Crippen molar-refractivity contribution in [3.05, 3.63) is 28.8 Å². The number of halogens is 1. The van der Waals surface area contributed by atoms with Gasteiger partial charge in [0.1, 0.15) is 4.90 Å². The highest BCUT2D eigenvalue weighted by molar-refractivity contribution is 7.89. The number of ether oxygens (including phenoxy) is 1. The molecule has 2 saturated carbocycles. The number of carbonyl (C=O) groups is 2. The van der Waals surface area contributed by atoms with E-state index in [1.54, 1.807) is 0 Å². The van der Waals surface area contributed by atoms with Crippen molar-refractivity contribution in [3.63, 3.8) is 0 Å². The summed E-state index contributed by atoms with van der Waals surface area (Å²) in [5.74, 6) is -1.12. The van der Waals surface area contributed by atoms with Gasteiger partial charge in [-0.2, -0.15) is 0 Å². The number of esters is 1. The molecule has 2 N–H and O–H groups in total. The van der Waals surface area contributed by atoms with E-state index in [2.05, 4.69) is 10.0 Å². The van der Waals surface area contributed by atoms with Gasteiger partial charge in [0.15, 0.2) is 6.61 Å². The van der Waals surface area contributed by atoms with Gasteiger partial charge in [0.05, 0.1) is 10.6 Å². The van der Waals surface area contributed by atoms with Gasteiger partial charge in [-0.25, -0.2) is 17.9 Å². The van der Waals surface area contributed by atoms with Crippen molar-refractivity contribution in [1.29, 1.82) is 0 Å². The van der Waals surface area contributed by atoms with Crippen molar-refractivity contribution in [2.75, 3.05) is 6.61 Å². The zero-order valence-electron chi connectivity index (χ0n) is 14.9. The molecule has 2 aliphatic rings. The standard InChI is InChI=1S/C18H23ClN2O5S/c19-15-9-6-12(10-16(15)27(24,25)21-14-7-8-14)18(23)26-11-17(22)20-13-4-2-1-3-5-13/h6,9-10,13-14,21H,1-5,7-8,11H2,(H,20,22). The molecular formula is C18H23ClN2O5S. The van der Waals surface area contributed by atoms with Gasteiger partial charge >= 0.3 is 5.97 Å². The Morgan fingerprint density at radius 1 is 1.07 bits per heavy atom. The van der Waals surface area contributed by atoms with Crippen LogP contribution in [0.1, 0.15) is 55.3 Å². The summed E-state index contributed by atoms with van der Waals surface area (Å²) in [7, 11) is -3.80. The third-order valence-electron chi connectivity index (χ3n) is 4.66. The van der Waals surface area contributed by atoms with E-state index in [1.807, 2.05) is 0 Å². The lowest BCUT2D eigenvalue weighted by atomic mass is 9.95. The van der Waals surface area contributed by atoms with Gasteiger partial charge in [0.2, 0.25) is 10.0 Å². The first-order chi connectivity index (χ1) is 12.8. The first-order valence-corrected chi connectivity index (χ1v) is 11.0. The Bertz CT molecular complexity index is 817. The predicted molar refractivity (Wildman–Crippen MR) is 100 cm³/mol. The van der Waals surface area contributed by atoms with Crippen LogP contribution in [0.2, 0.25) is 5.02 Å². The maximum atomic E-state index is 12.4. The fraction of sp³-hybridized carbons (Fsp3) is 0.556.